The van der Waals surface area contributed by atoms with E-state index in [1.165, 1.54) is 5.56 Å². The molecule has 0 spiro atoms. The molecule has 3 heterocycles. The van der Waals surface area contributed by atoms with Gasteiger partial charge in [0, 0.05) is 57.5 Å². The average molecular weight is 367 g/mol. The number of rotatable bonds is 4. The second kappa shape index (κ2) is 7.80. The van der Waals surface area contributed by atoms with Crippen LogP contribution in [0.25, 0.3) is 0 Å². The number of carbonyl (C=O) groups is 1. The third kappa shape index (κ3) is 3.90. The van der Waals surface area contributed by atoms with E-state index in [2.05, 4.69) is 50.0 Å². The number of amides is 1. The number of benzene rings is 1. The summed E-state index contributed by atoms with van der Waals surface area (Å²) in [6.45, 7) is 9.49. The van der Waals surface area contributed by atoms with Gasteiger partial charge in [0.2, 0.25) is 5.91 Å². The minimum Gasteiger partial charge on any atom is -0.342 e. The highest BCUT2D eigenvalue weighted by Crippen LogP contribution is 2.28. The Labute approximate surface area is 161 Å². The SMILES string of the molecule is CC(C)C(=O)N1CCC(c2nnc3n2CCN(Cc2ccccc2)CC3)C1. The highest BCUT2D eigenvalue weighted by molar-refractivity contribution is 5.78. The summed E-state index contributed by atoms with van der Waals surface area (Å²) in [6, 6.07) is 10.6. The minimum absolute atomic E-state index is 0.0609. The van der Waals surface area contributed by atoms with Crippen LogP contribution in [0.15, 0.2) is 30.3 Å². The number of carbonyl (C=O) groups excluding carboxylic acids is 1. The number of fused-ring (bicyclic) bond motifs is 1. The third-order valence-corrected chi connectivity index (χ3v) is 5.76. The van der Waals surface area contributed by atoms with Crippen molar-refractivity contribution in [3.63, 3.8) is 0 Å². The van der Waals surface area contributed by atoms with Gasteiger partial charge in [-0.25, -0.2) is 0 Å². The van der Waals surface area contributed by atoms with Crippen LogP contribution < -0.4 is 0 Å². The maximum atomic E-state index is 12.3. The van der Waals surface area contributed by atoms with Crippen molar-refractivity contribution in [3.05, 3.63) is 47.5 Å². The summed E-state index contributed by atoms with van der Waals surface area (Å²) >= 11 is 0. The van der Waals surface area contributed by atoms with Gasteiger partial charge in [0.05, 0.1) is 0 Å². The minimum atomic E-state index is 0.0609. The summed E-state index contributed by atoms with van der Waals surface area (Å²) in [5, 5.41) is 9.02. The summed E-state index contributed by atoms with van der Waals surface area (Å²) in [5.41, 5.74) is 1.36. The number of nitrogens with zero attached hydrogens (tertiary/aromatic N) is 5. The summed E-state index contributed by atoms with van der Waals surface area (Å²) in [4.78, 5) is 16.8. The molecule has 0 saturated carbocycles. The lowest BCUT2D eigenvalue weighted by molar-refractivity contribution is -0.133. The maximum absolute atomic E-state index is 12.3. The zero-order valence-electron chi connectivity index (χ0n) is 16.3. The molecular formula is C21H29N5O. The average Bonchev–Trinajstić information content (AvgIpc) is 3.26. The van der Waals surface area contributed by atoms with E-state index in [1.54, 1.807) is 0 Å². The van der Waals surface area contributed by atoms with Crippen LogP contribution in [0, 0.1) is 5.92 Å². The monoisotopic (exact) mass is 367 g/mol. The lowest BCUT2D eigenvalue weighted by atomic mass is 10.1. The summed E-state index contributed by atoms with van der Waals surface area (Å²) < 4.78 is 2.32. The molecule has 144 valence electrons. The molecule has 6 nitrogen and oxygen atoms in total. The quantitative estimate of drug-likeness (QED) is 0.832. The van der Waals surface area contributed by atoms with Crippen LogP contribution in [0.2, 0.25) is 0 Å². The zero-order chi connectivity index (χ0) is 18.8. The molecular weight excluding hydrogens is 338 g/mol. The number of hydrogen-bond acceptors (Lipinski definition) is 4. The van der Waals surface area contributed by atoms with Crippen LogP contribution in [0.4, 0.5) is 0 Å². The molecule has 1 saturated heterocycles. The van der Waals surface area contributed by atoms with Crippen LogP contribution in [0.1, 0.15) is 43.4 Å². The molecule has 0 radical (unpaired) electrons. The van der Waals surface area contributed by atoms with Crippen LogP contribution in [-0.2, 0) is 24.3 Å². The van der Waals surface area contributed by atoms with Crippen LogP contribution >= 0.6 is 0 Å². The first-order valence-corrected chi connectivity index (χ1v) is 10.1. The smallest absolute Gasteiger partial charge is 0.225 e. The van der Waals surface area contributed by atoms with Gasteiger partial charge in [-0.05, 0) is 12.0 Å². The number of likely N-dealkylation sites (tertiary alicyclic amines) is 1. The van der Waals surface area contributed by atoms with Gasteiger partial charge in [-0.2, -0.15) is 0 Å². The highest BCUT2D eigenvalue weighted by atomic mass is 16.2. The van der Waals surface area contributed by atoms with Gasteiger partial charge in [-0.1, -0.05) is 44.2 Å². The van der Waals surface area contributed by atoms with Crippen molar-refractivity contribution in [2.75, 3.05) is 26.2 Å². The predicted octanol–water partition coefficient (Wildman–Crippen LogP) is 2.31. The second-order valence-corrected chi connectivity index (χ2v) is 8.06. The standard InChI is InChI=1S/C21H29N5O/c1-16(2)21(27)25-11-8-18(15-25)20-23-22-19-9-10-24(12-13-26(19)20)14-17-6-4-3-5-7-17/h3-7,16,18H,8-15H2,1-2H3. The van der Waals surface area contributed by atoms with Crippen molar-refractivity contribution in [1.82, 2.24) is 24.6 Å². The Morgan fingerprint density at radius 3 is 2.70 bits per heavy atom. The highest BCUT2D eigenvalue weighted by Gasteiger charge is 2.32. The van der Waals surface area contributed by atoms with Crippen LogP contribution in [0.5, 0.6) is 0 Å². The molecule has 1 fully saturated rings. The first-order valence-electron chi connectivity index (χ1n) is 10.1. The Morgan fingerprint density at radius 1 is 1.11 bits per heavy atom. The van der Waals surface area contributed by atoms with E-state index in [0.717, 1.165) is 63.8 Å². The Kier molecular flexibility index (Phi) is 5.25. The molecule has 2 aromatic rings. The van der Waals surface area contributed by atoms with Crippen molar-refractivity contribution in [2.24, 2.45) is 5.92 Å². The van der Waals surface area contributed by atoms with E-state index >= 15 is 0 Å². The zero-order valence-corrected chi connectivity index (χ0v) is 16.3. The van der Waals surface area contributed by atoms with Crippen molar-refractivity contribution in [1.29, 1.82) is 0 Å². The molecule has 6 heteroatoms. The van der Waals surface area contributed by atoms with E-state index in [1.807, 2.05) is 18.7 Å². The molecule has 2 aliphatic rings. The fourth-order valence-electron chi connectivity index (χ4n) is 4.23. The van der Waals surface area contributed by atoms with E-state index in [0.29, 0.717) is 5.92 Å². The van der Waals surface area contributed by atoms with E-state index in [-0.39, 0.29) is 11.8 Å². The summed E-state index contributed by atoms with van der Waals surface area (Å²) in [6.07, 6.45) is 1.92. The van der Waals surface area contributed by atoms with E-state index in [9.17, 15) is 4.79 Å². The molecule has 0 bridgehead atoms. The first-order chi connectivity index (χ1) is 13.1. The van der Waals surface area contributed by atoms with Gasteiger partial charge in [-0.3, -0.25) is 9.69 Å². The van der Waals surface area contributed by atoms with E-state index in [4.69, 9.17) is 0 Å². The van der Waals surface area contributed by atoms with Gasteiger partial charge in [0.15, 0.2) is 0 Å². The molecule has 4 rings (SSSR count). The molecule has 0 N–H and O–H groups in total. The fraction of sp³-hybridized carbons (Fsp3) is 0.571. The van der Waals surface area contributed by atoms with Crippen LogP contribution in [-0.4, -0.2) is 56.7 Å². The van der Waals surface area contributed by atoms with Crippen molar-refractivity contribution >= 4 is 5.91 Å². The molecule has 27 heavy (non-hydrogen) atoms. The van der Waals surface area contributed by atoms with Gasteiger partial charge in [-0.15, -0.1) is 10.2 Å². The largest absolute Gasteiger partial charge is 0.342 e. The molecule has 1 aromatic heterocycles. The van der Waals surface area contributed by atoms with Crippen molar-refractivity contribution < 1.29 is 4.79 Å². The van der Waals surface area contributed by atoms with E-state index < -0.39 is 0 Å². The summed E-state index contributed by atoms with van der Waals surface area (Å²) in [7, 11) is 0. The lowest BCUT2D eigenvalue weighted by Gasteiger charge is -2.20. The molecule has 1 aromatic carbocycles. The van der Waals surface area contributed by atoms with Gasteiger partial charge >= 0.3 is 0 Å². The van der Waals surface area contributed by atoms with Crippen molar-refractivity contribution in [3.8, 4) is 0 Å². The second-order valence-electron chi connectivity index (χ2n) is 8.06. The molecule has 1 atom stereocenters. The van der Waals surface area contributed by atoms with Gasteiger partial charge in [0.1, 0.15) is 11.6 Å². The Balaban J connectivity index is 1.42. The van der Waals surface area contributed by atoms with Crippen LogP contribution in [0.3, 0.4) is 0 Å². The maximum Gasteiger partial charge on any atom is 0.225 e. The lowest BCUT2D eigenvalue weighted by Crippen LogP contribution is -2.32. The van der Waals surface area contributed by atoms with Gasteiger partial charge in [0.25, 0.3) is 0 Å². The molecule has 0 aliphatic carbocycles. The summed E-state index contributed by atoms with van der Waals surface area (Å²) in [5.74, 6) is 2.79. The fourth-order valence-corrected chi connectivity index (χ4v) is 4.23. The first kappa shape index (κ1) is 18.2. The molecule has 1 amide bonds. The predicted molar refractivity (Wildman–Crippen MR) is 104 cm³/mol. The third-order valence-electron chi connectivity index (χ3n) is 5.76. The molecule has 1 unspecified atom stereocenters. The number of hydrogen-bond donors (Lipinski definition) is 0. The Hall–Kier alpha value is -2.21. The Morgan fingerprint density at radius 2 is 1.93 bits per heavy atom. The Bertz CT molecular complexity index is 785. The topological polar surface area (TPSA) is 54.3 Å². The van der Waals surface area contributed by atoms with Crippen molar-refractivity contribution in [2.45, 2.75) is 45.7 Å². The number of aromatic nitrogens is 3. The normalized spacial score (nSPS) is 20.7. The van der Waals surface area contributed by atoms with Gasteiger partial charge < -0.3 is 9.47 Å². The molecule has 2 aliphatic heterocycles.